The molecule has 0 spiro atoms. The molecular formula is C16H17N3O3. The van der Waals surface area contributed by atoms with Gasteiger partial charge in [-0.3, -0.25) is 9.59 Å². The average Bonchev–Trinajstić information content (AvgIpc) is 3.16. The summed E-state index contributed by atoms with van der Waals surface area (Å²) in [5.41, 5.74) is 2.52. The summed E-state index contributed by atoms with van der Waals surface area (Å²) in [7, 11) is 0. The molecule has 1 fully saturated rings. The highest BCUT2D eigenvalue weighted by molar-refractivity contribution is 5.95. The Labute approximate surface area is 128 Å². The Balaban J connectivity index is 1.73. The normalized spacial score (nSPS) is 17.7. The molecule has 1 aliphatic heterocycles. The van der Waals surface area contributed by atoms with Gasteiger partial charge >= 0.3 is 5.97 Å². The van der Waals surface area contributed by atoms with Gasteiger partial charge in [0.1, 0.15) is 0 Å². The van der Waals surface area contributed by atoms with Crippen molar-refractivity contribution in [2.45, 2.75) is 13.3 Å². The van der Waals surface area contributed by atoms with Gasteiger partial charge in [0.05, 0.1) is 17.8 Å². The number of benzene rings is 1. The van der Waals surface area contributed by atoms with Gasteiger partial charge in [0, 0.05) is 24.8 Å². The van der Waals surface area contributed by atoms with Gasteiger partial charge in [-0.05, 0) is 43.2 Å². The molecule has 2 aromatic rings. The molecule has 1 aliphatic rings. The van der Waals surface area contributed by atoms with E-state index in [2.05, 4.69) is 5.10 Å². The van der Waals surface area contributed by atoms with Crippen LogP contribution in [0, 0.1) is 12.8 Å². The number of nitrogens with zero attached hydrogens (tertiary/aromatic N) is 3. The van der Waals surface area contributed by atoms with Crippen molar-refractivity contribution < 1.29 is 14.7 Å². The first-order chi connectivity index (χ1) is 10.5. The fraction of sp³-hybridized carbons (Fsp3) is 0.312. The molecule has 0 radical (unpaired) electrons. The Hall–Kier alpha value is -2.63. The van der Waals surface area contributed by atoms with Crippen molar-refractivity contribution >= 4 is 11.9 Å². The molecule has 1 N–H and O–H groups in total. The predicted octanol–water partition coefficient (Wildman–Crippen LogP) is 1.73. The van der Waals surface area contributed by atoms with Gasteiger partial charge in [-0.1, -0.05) is 0 Å². The number of aromatic nitrogens is 2. The summed E-state index contributed by atoms with van der Waals surface area (Å²) in [6, 6.07) is 7.18. The van der Waals surface area contributed by atoms with Crippen molar-refractivity contribution in [1.29, 1.82) is 0 Å². The first-order valence-corrected chi connectivity index (χ1v) is 7.18. The Kier molecular flexibility index (Phi) is 3.66. The van der Waals surface area contributed by atoms with Gasteiger partial charge in [0.25, 0.3) is 5.91 Å². The molecule has 6 nitrogen and oxygen atoms in total. The quantitative estimate of drug-likeness (QED) is 0.936. The van der Waals surface area contributed by atoms with Crippen LogP contribution < -0.4 is 0 Å². The molecule has 22 heavy (non-hydrogen) atoms. The zero-order chi connectivity index (χ0) is 15.7. The lowest BCUT2D eigenvalue weighted by Gasteiger charge is -2.16. The molecular weight excluding hydrogens is 282 g/mol. The van der Waals surface area contributed by atoms with E-state index >= 15 is 0 Å². The first-order valence-electron chi connectivity index (χ1n) is 7.18. The summed E-state index contributed by atoms with van der Waals surface area (Å²) >= 11 is 0. The third-order valence-corrected chi connectivity index (χ3v) is 3.92. The number of carbonyl (C=O) groups is 2. The number of rotatable bonds is 3. The Morgan fingerprint density at radius 1 is 1.27 bits per heavy atom. The Morgan fingerprint density at radius 3 is 2.55 bits per heavy atom. The van der Waals surface area contributed by atoms with Crippen molar-refractivity contribution in [3.05, 3.63) is 47.8 Å². The Bertz CT molecular complexity index is 706. The highest BCUT2D eigenvalue weighted by Crippen LogP contribution is 2.19. The van der Waals surface area contributed by atoms with Gasteiger partial charge in [0.2, 0.25) is 0 Å². The number of carboxylic acid groups (broad SMARTS) is 1. The van der Waals surface area contributed by atoms with Crippen LogP contribution in [0.5, 0.6) is 0 Å². The van der Waals surface area contributed by atoms with Crippen molar-refractivity contribution in [1.82, 2.24) is 14.7 Å². The first kappa shape index (κ1) is 14.3. The second-order valence-electron chi connectivity index (χ2n) is 5.58. The van der Waals surface area contributed by atoms with Crippen LogP contribution in [0.25, 0.3) is 5.69 Å². The number of aliphatic carboxylic acids is 1. The molecule has 1 atom stereocenters. The molecule has 6 heteroatoms. The van der Waals surface area contributed by atoms with Crippen molar-refractivity contribution in [2.24, 2.45) is 5.92 Å². The maximum Gasteiger partial charge on any atom is 0.308 e. The van der Waals surface area contributed by atoms with Gasteiger partial charge < -0.3 is 10.0 Å². The lowest BCUT2D eigenvalue weighted by atomic mass is 10.1. The largest absolute Gasteiger partial charge is 0.481 e. The van der Waals surface area contributed by atoms with Crippen LogP contribution in [0.1, 0.15) is 22.3 Å². The minimum atomic E-state index is -0.834. The number of aryl methyl sites for hydroxylation is 1. The third-order valence-electron chi connectivity index (χ3n) is 3.92. The van der Waals surface area contributed by atoms with Crippen LogP contribution in [0.2, 0.25) is 0 Å². The highest BCUT2D eigenvalue weighted by atomic mass is 16.4. The van der Waals surface area contributed by atoms with E-state index < -0.39 is 11.9 Å². The van der Waals surface area contributed by atoms with Gasteiger partial charge in [-0.25, -0.2) is 4.68 Å². The molecule has 0 saturated carbocycles. The smallest absolute Gasteiger partial charge is 0.308 e. The van der Waals surface area contributed by atoms with Crippen LogP contribution in [-0.4, -0.2) is 44.8 Å². The fourth-order valence-electron chi connectivity index (χ4n) is 2.64. The van der Waals surface area contributed by atoms with Crippen molar-refractivity contribution in [3.8, 4) is 5.69 Å². The molecule has 1 aromatic heterocycles. The molecule has 114 valence electrons. The lowest BCUT2D eigenvalue weighted by Crippen LogP contribution is -2.29. The van der Waals surface area contributed by atoms with Crippen LogP contribution in [0.15, 0.2) is 36.7 Å². The minimum absolute atomic E-state index is 0.119. The molecule has 0 aliphatic carbocycles. The topological polar surface area (TPSA) is 75.4 Å². The van der Waals surface area contributed by atoms with E-state index in [0.29, 0.717) is 18.5 Å². The summed E-state index contributed by atoms with van der Waals surface area (Å²) in [5, 5.41) is 13.2. The second kappa shape index (κ2) is 5.63. The molecule has 1 aromatic carbocycles. The van der Waals surface area contributed by atoms with E-state index in [0.717, 1.165) is 11.3 Å². The molecule has 1 unspecified atom stereocenters. The summed E-state index contributed by atoms with van der Waals surface area (Å²) in [5.74, 6) is -1.40. The molecule has 3 rings (SSSR count). The molecule has 1 saturated heterocycles. The minimum Gasteiger partial charge on any atom is -0.481 e. The van der Waals surface area contributed by atoms with E-state index in [1.54, 1.807) is 27.9 Å². The summed E-state index contributed by atoms with van der Waals surface area (Å²) in [4.78, 5) is 24.9. The van der Waals surface area contributed by atoms with E-state index in [1.807, 2.05) is 25.3 Å². The van der Waals surface area contributed by atoms with Gasteiger partial charge in [0.15, 0.2) is 0 Å². The lowest BCUT2D eigenvalue weighted by molar-refractivity contribution is -0.141. The highest BCUT2D eigenvalue weighted by Gasteiger charge is 2.31. The number of likely N-dealkylation sites (tertiary alicyclic amines) is 1. The van der Waals surface area contributed by atoms with Crippen LogP contribution in [0.3, 0.4) is 0 Å². The van der Waals surface area contributed by atoms with E-state index in [9.17, 15) is 9.59 Å². The SMILES string of the molecule is Cc1cnn(-c2ccc(C(=O)N3CCC(C(=O)O)C3)cc2)c1. The van der Waals surface area contributed by atoms with E-state index in [4.69, 9.17) is 5.11 Å². The number of amides is 1. The van der Waals surface area contributed by atoms with Crippen LogP contribution in [0.4, 0.5) is 0 Å². The Morgan fingerprint density at radius 2 is 2.00 bits per heavy atom. The molecule has 0 bridgehead atoms. The van der Waals surface area contributed by atoms with Crippen LogP contribution in [-0.2, 0) is 4.79 Å². The average molecular weight is 299 g/mol. The van der Waals surface area contributed by atoms with Gasteiger partial charge in [-0.15, -0.1) is 0 Å². The van der Waals surface area contributed by atoms with E-state index in [1.165, 1.54) is 0 Å². The van der Waals surface area contributed by atoms with Crippen molar-refractivity contribution in [2.75, 3.05) is 13.1 Å². The summed E-state index contributed by atoms with van der Waals surface area (Å²) in [6.45, 7) is 2.75. The maximum absolute atomic E-state index is 12.4. The molecule has 2 heterocycles. The fourth-order valence-corrected chi connectivity index (χ4v) is 2.64. The number of carboxylic acids is 1. The van der Waals surface area contributed by atoms with E-state index in [-0.39, 0.29) is 12.5 Å². The zero-order valence-corrected chi connectivity index (χ0v) is 12.3. The number of hydrogen-bond acceptors (Lipinski definition) is 3. The standard InChI is InChI=1S/C16H17N3O3/c1-11-8-17-19(9-11)14-4-2-12(3-5-14)15(20)18-7-6-13(10-18)16(21)22/h2-5,8-9,13H,6-7,10H2,1H3,(H,21,22). The summed E-state index contributed by atoms with van der Waals surface area (Å²) < 4.78 is 1.75. The predicted molar refractivity (Wildman–Crippen MR) is 79.9 cm³/mol. The van der Waals surface area contributed by atoms with Crippen LogP contribution >= 0.6 is 0 Å². The van der Waals surface area contributed by atoms with Crippen molar-refractivity contribution in [3.63, 3.8) is 0 Å². The second-order valence-corrected chi connectivity index (χ2v) is 5.58. The maximum atomic E-state index is 12.4. The third kappa shape index (κ3) is 2.72. The monoisotopic (exact) mass is 299 g/mol. The van der Waals surface area contributed by atoms with Gasteiger partial charge in [-0.2, -0.15) is 5.10 Å². The molecule has 1 amide bonds. The number of hydrogen-bond donors (Lipinski definition) is 1. The zero-order valence-electron chi connectivity index (χ0n) is 12.3. The summed E-state index contributed by atoms with van der Waals surface area (Å²) in [6.07, 6.45) is 4.20. The number of carbonyl (C=O) groups excluding carboxylic acids is 1.